The lowest BCUT2D eigenvalue weighted by atomic mass is 9.84. The van der Waals surface area contributed by atoms with Crippen molar-refractivity contribution in [1.82, 2.24) is 14.9 Å². The number of sulfonamides is 1. The van der Waals surface area contributed by atoms with Gasteiger partial charge < -0.3 is 24.4 Å². The Morgan fingerprint density at radius 3 is 2.48 bits per heavy atom. The first-order chi connectivity index (χ1) is 22.8. The van der Waals surface area contributed by atoms with E-state index in [1.165, 1.54) is 6.07 Å². The molecule has 7 rings (SSSR count). The minimum Gasteiger partial charge on any atom is -0.493 e. The van der Waals surface area contributed by atoms with Crippen LogP contribution in [0.2, 0.25) is 0 Å². The Bertz CT molecular complexity index is 1990. The molecule has 4 aliphatic rings. The zero-order valence-electron chi connectivity index (χ0n) is 26.7. The highest BCUT2D eigenvalue weighted by atomic mass is 32.2. The SMILES string of the molecule is CCOc1cccc2ccc3c(c12)CN(C1=C(C)C2(OCC)C=CC1(CC1(NC(=O)NS(=O)(=O)c4ccccc4C(F)(F)F)CC1)O2)C3. The summed E-state index contributed by atoms with van der Waals surface area (Å²) < 4.78 is 87.5. The molecule has 48 heavy (non-hydrogen) atoms. The summed E-state index contributed by atoms with van der Waals surface area (Å²) in [5.74, 6) is -0.274. The fourth-order valence-corrected chi connectivity index (χ4v) is 8.67. The Labute approximate surface area is 276 Å². The van der Waals surface area contributed by atoms with Gasteiger partial charge in [0.1, 0.15) is 11.4 Å². The van der Waals surface area contributed by atoms with Crippen LogP contribution in [0.4, 0.5) is 18.0 Å². The molecule has 13 heteroatoms. The third-order valence-corrected chi connectivity index (χ3v) is 11.0. The van der Waals surface area contributed by atoms with E-state index in [9.17, 15) is 26.4 Å². The molecule has 1 saturated carbocycles. The number of hydrogen-bond donors (Lipinski definition) is 2. The molecule has 2 N–H and O–H groups in total. The van der Waals surface area contributed by atoms with Gasteiger partial charge in [-0.2, -0.15) is 13.2 Å². The standard InChI is InChI=1S/C35H36F3N3O6S/c1-4-45-27-11-8-9-23-13-14-24-19-41(20-25(24)29(23)27)30-22(3)34(46-5-2)18-17-33(30,47-34)21-32(15-16-32)39-31(42)40-48(43,44)28-12-7-6-10-26(28)35(36,37)38/h6-14,17-18H,4-5,15-16,19-21H2,1-3H3,(H2,39,40,42). The zero-order chi connectivity index (χ0) is 34.1. The van der Waals surface area contributed by atoms with Crippen LogP contribution >= 0.6 is 0 Å². The van der Waals surface area contributed by atoms with Crippen LogP contribution in [-0.2, 0) is 38.8 Å². The number of ether oxygens (including phenoxy) is 3. The smallest absolute Gasteiger partial charge is 0.417 e. The third kappa shape index (κ3) is 5.32. The molecule has 2 amide bonds. The Balaban J connectivity index is 1.17. The molecule has 0 spiro atoms. The molecule has 2 atom stereocenters. The van der Waals surface area contributed by atoms with Crippen molar-refractivity contribution in [2.45, 2.75) is 81.1 Å². The number of alkyl halides is 3. The molecule has 1 aliphatic carbocycles. The Kier molecular flexibility index (Phi) is 7.61. The number of carbonyl (C=O) groups is 1. The van der Waals surface area contributed by atoms with Crippen molar-refractivity contribution in [2.24, 2.45) is 0 Å². The van der Waals surface area contributed by atoms with E-state index in [0.717, 1.165) is 51.1 Å². The number of benzene rings is 3. The molecule has 1 fully saturated rings. The lowest BCUT2D eigenvalue weighted by molar-refractivity contribution is -0.189. The quantitative estimate of drug-likeness (QED) is 0.234. The number of amides is 2. The van der Waals surface area contributed by atoms with E-state index < -0.39 is 49.6 Å². The van der Waals surface area contributed by atoms with Crippen LogP contribution in [-0.4, -0.2) is 49.5 Å². The minimum atomic E-state index is -4.92. The van der Waals surface area contributed by atoms with Crippen molar-refractivity contribution in [3.8, 4) is 5.75 Å². The van der Waals surface area contributed by atoms with Crippen LogP contribution in [0.15, 0.2) is 82.9 Å². The maximum Gasteiger partial charge on any atom is 0.417 e. The van der Waals surface area contributed by atoms with Gasteiger partial charge in [-0.3, -0.25) is 0 Å². The summed E-state index contributed by atoms with van der Waals surface area (Å²) in [6.45, 7) is 7.94. The van der Waals surface area contributed by atoms with Gasteiger partial charge in [0.05, 0.1) is 22.8 Å². The second-order valence-electron chi connectivity index (χ2n) is 12.8. The maximum atomic E-state index is 13.6. The topological polar surface area (TPSA) is 106 Å². The number of nitrogens with zero attached hydrogens (tertiary/aromatic N) is 1. The summed E-state index contributed by atoms with van der Waals surface area (Å²) in [7, 11) is -4.84. The fourth-order valence-electron chi connectivity index (χ4n) is 7.53. The van der Waals surface area contributed by atoms with Crippen molar-refractivity contribution in [2.75, 3.05) is 13.2 Å². The highest BCUT2D eigenvalue weighted by molar-refractivity contribution is 7.90. The molecule has 3 aromatic carbocycles. The molecule has 3 aromatic rings. The summed E-state index contributed by atoms with van der Waals surface area (Å²) in [4.78, 5) is 14.4. The summed E-state index contributed by atoms with van der Waals surface area (Å²) in [5, 5.41) is 4.91. The van der Waals surface area contributed by atoms with Crippen LogP contribution in [0.5, 0.6) is 5.75 Å². The number of hydrogen-bond acceptors (Lipinski definition) is 7. The number of fused-ring (bicyclic) bond motifs is 5. The van der Waals surface area contributed by atoms with Gasteiger partial charge in [-0.25, -0.2) is 17.9 Å². The molecule has 9 nitrogen and oxygen atoms in total. The molecule has 3 aliphatic heterocycles. The van der Waals surface area contributed by atoms with Crippen LogP contribution in [0, 0.1) is 0 Å². The number of rotatable bonds is 10. The van der Waals surface area contributed by atoms with Gasteiger partial charge in [-0.1, -0.05) is 36.4 Å². The first kappa shape index (κ1) is 32.5. The molecule has 3 heterocycles. The van der Waals surface area contributed by atoms with Gasteiger partial charge in [0.25, 0.3) is 10.0 Å². The Morgan fingerprint density at radius 2 is 1.77 bits per heavy atom. The second-order valence-corrected chi connectivity index (χ2v) is 14.4. The van der Waals surface area contributed by atoms with Crippen molar-refractivity contribution < 1.29 is 40.6 Å². The first-order valence-electron chi connectivity index (χ1n) is 15.9. The van der Waals surface area contributed by atoms with E-state index in [2.05, 4.69) is 28.4 Å². The van der Waals surface area contributed by atoms with Crippen molar-refractivity contribution in [3.05, 3.63) is 94.7 Å². The number of halogens is 3. The largest absolute Gasteiger partial charge is 0.493 e. The molecule has 0 radical (unpaired) electrons. The average Bonchev–Trinajstić information content (AvgIpc) is 3.36. The molecule has 2 unspecified atom stereocenters. The van der Waals surface area contributed by atoms with E-state index in [1.807, 2.05) is 45.1 Å². The van der Waals surface area contributed by atoms with Crippen LogP contribution in [0.25, 0.3) is 10.8 Å². The van der Waals surface area contributed by atoms with E-state index in [1.54, 1.807) is 4.72 Å². The summed E-state index contributed by atoms with van der Waals surface area (Å²) >= 11 is 0. The predicted octanol–water partition coefficient (Wildman–Crippen LogP) is 6.53. The summed E-state index contributed by atoms with van der Waals surface area (Å²) in [5.41, 5.74) is 0.888. The van der Waals surface area contributed by atoms with Crippen LogP contribution in [0.3, 0.4) is 0 Å². The normalized spacial score (nSPS) is 23.9. The van der Waals surface area contributed by atoms with Crippen molar-refractivity contribution in [1.29, 1.82) is 0 Å². The average molecular weight is 684 g/mol. The van der Waals surface area contributed by atoms with Gasteiger partial charge in [-0.15, -0.1) is 0 Å². The number of nitrogens with one attached hydrogen (secondary N) is 2. The van der Waals surface area contributed by atoms with E-state index in [0.29, 0.717) is 45.2 Å². The van der Waals surface area contributed by atoms with Gasteiger partial charge in [0.15, 0.2) is 0 Å². The second kappa shape index (κ2) is 11.2. The number of urea groups is 1. The van der Waals surface area contributed by atoms with Crippen LogP contribution in [0.1, 0.15) is 56.7 Å². The van der Waals surface area contributed by atoms with Crippen molar-refractivity contribution in [3.63, 3.8) is 0 Å². The number of carbonyl (C=O) groups excluding carboxylic acids is 1. The summed E-state index contributed by atoms with van der Waals surface area (Å²) in [6, 6.07) is 12.9. The monoisotopic (exact) mass is 683 g/mol. The Hall–Kier alpha value is -4.07. The fraction of sp³-hybridized carbons (Fsp3) is 0.400. The van der Waals surface area contributed by atoms with Gasteiger partial charge in [0, 0.05) is 42.6 Å². The van der Waals surface area contributed by atoms with Crippen LogP contribution < -0.4 is 14.8 Å². The van der Waals surface area contributed by atoms with Crippen molar-refractivity contribution >= 4 is 26.8 Å². The van der Waals surface area contributed by atoms with E-state index in [4.69, 9.17) is 14.2 Å². The molecule has 254 valence electrons. The highest BCUT2D eigenvalue weighted by Gasteiger charge is 2.63. The summed E-state index contributed by atoms with van der Waals surface area (Å²) in [6.07, 6.45) is 0.225. The highest BCUT2D eigenvalue weighted by Crippen LogP contribution is 2.58. The van der Waals surface area contributed by atoms with Gasteiger partial charge in [-0.05, 0) is 80.5 Å². The zero-order valence-corrected chi connectivity index (χ0v) is 27.6. The molecule has 2 bridgehead atoms. The van der Waals surface area contributed by atoms with Gasteiger partial charge >= 0.3 is 12.2 Å². The molecular weight excluding hydrogens is 647 g/mol. The molecule has 0 aromatic heterocycles. The maximum absolute atomic E-state index is 13.6. The molecule has 0 saturated heterocycles. The Morgan fingerprint density at radius 1 is 1.00 bits per heavy atom. The minimum absolute atomic E-state index is 0.266. The lowest BCUT2D eigenvalue weighted by Gasteiger charge is -2.36. The first-order valence-corrected chi connectivity index (χ1v) is 17.4. The van der Waals surface area contributed by atoms with E-state index >= 15 is 0 Å². The lowest BCUT2D eigenvalue weighted by Crippen LogP contribution is -2.50. The molecular formula is C35H36F3N3O6S. The van der Waals surface area contributed by atoms with Gasteiger partial charge in [0.2, 0.25) is 5.79 Å². The predicted molar refractivity (Wildman–Crippen MR) is 171 cm³/mol. The van der Waals surface area contributed by atoms with E-state index in [-0.39, 0.29) is 6.42 Å². The third-order valence-electron chi connectivity index (χ3n) is 9.62.